The Morgan fingerprint density at radius 1 is 1.37 bits per heavy atom. The van der Waals surface area contributed by atoms with E-state index >= 15 is 0 Å². The number of benzene rings is 1. The number of hydrogen-bond donors (Lipinski definition) is 1. The molecule has 4 rings (SSSR count). The molecular weight excluding hydrogens is 340 g/mol. The minimum absolute atomic E-state index is 0.0544. The molecule has 1 fully saturated rings. The van der Waals surface area contributed by atoms with Crippen LogP contribution in [-0.2, 0) is 19.5 Å². The van der Waals surface area contributed by atoms with Crippen molar-refractivity contribution in [1.82, 2.24) is 19.8 Å². The second-order valence-electron chi connectivity index (χ2n) is 7.50. The number of ether oxygens (including phenoxy) is 1. The molecule has 1 saturated heterocycles. The van der Waals surface area contributed by atoms with Gasteiger partial charge < -0.3 is 19.5 Å². The Bertz CT molecular complexity index is 801. The monoisotopic (exact) mass is 368 g/mol. The van der Waals surface area contributed by atoms with Crippen LogP contribution >= 0.6 is 0 Å². The number of carbonyl (C=O) groups excluding carboxylic acids is 1. The van der Waals surface area contributed by atoms with E-state index < -0.39 is 0 Å². The number of likely N-dealkylation sites (tertiary alicyclic amines) is 1. The van der Waals surface area contributed by atoms with E-state index in [2.05, 4.69) is 20.9 Å². The van der Waals surface area contributed by atoms with Crippen LogP contribution in [0, 0.1) is 6.92 Å². The van der Waals surface area contributed by atoms with Crippen LogP contribution in [0.25, 0.3) is 0 Å². The number of nitrogens with one attached hydrogen (secondary N) is 1. The maximum atomic E-state index is 12.8. The molecule has 2 aromatic rings. The third kappa shape index (κ3) is 4.10. The van der Waals surface area contributed by atoms with Gasteiger partial charge in [-0.15, -0.1) is 0 Å². The summed E-state index contributed by atoms with van der Waals surface area (Å²) in [6, 6.07) is 6.56. The third-order valence-electron chi connectivity index (χ3n) is 5.71. The summed E-state index contributed by atoms with van der Waals surface area (Å²) in [5.41, 5.74) is 2.38. The summed E-state index contributed by atoms with van der Waals surface area (Å²) >= 11 is 0. The van der Waals surface area contributed by atoms with Gasteiger partial charge in [-0.25, -0.2) is 9.78 Å². The second-order valence-corrected chi connectivity index (χ2v) is 7.50. The van der Waals surface area contributed by atoms with Crippen LogP contribution in [0.15, 0.2) is 30.6 Å². The number of amides is 2. The van der Waals surface area contributed by atoms with Gasteiger partial charge in [-0.05, 0) is 49.8 Å². The molecule has 1 aromatic heterocycles. The van der Waals surface area contributed by atoms with Crippen LogP contribution in [-0.4, -0.2) is 39.7 Å². The zero-order valence-corrected chi connectivity index (χ0v) is 16.0. The van der Waals surface area contributed by atoms with Gasteiger partial charge in [-0.1, -0.05) is 12.1 Å². The minimum Gasteiger partial charge on any atom is -0.493 e. The summed E-state index contributed by atoms with van der Waals surface area (Å²) < 4.78 is 7.72. The highest BCUT2D eigenvalue weighted by Crippen LogP contribution is 2.26. The first-order valence-electron chi connectivity index (χ1n) is 9.97. The molecule has 0 saturated carbocycles. The zero-order chi connectivity index (χ0) is 18.6. The average molecular weight is 368 g/mol. The second kappa shape index (κ2) is 8.03. The number of imidazole rings is 1. The van der Waals surface area contributed by atoms with Crippen LogP contribution in [0.3, 0.4) is 0 Å². The van der Waals surface area contributed by atoms with Crippen molar-refractivity contribution in [2.24, 2.45) is 0 Å². The maximum absolute atomic E-state index is 12.8. The predicted octanol–water partition coefficient (Wildman–Crippen LogP) is 3.28. The van der Waals surface area contributed by atoms with E-state index in [4.69, 9.17) is 4.74 Å². The topological polar surface area (TPSA) is 59.4 Å². The number of piperidine rings is 1. The maximum Gasteiger partial charge on any atom is 0.317 e. The SMILES string of the molecule is Cc1nccn1CC[C@@H]1CCCCN1C(=O)NCc1ccc2c(c1)CCO2. The van der Waals surface area contributed by atoms with Crippen LogP contribution in [0.1, 0.15) is 42.6 Å². The Hall–Kier alpha value is -2.50. The molecule has 0 aliphatic carbocycles. The predicted molar refractivity (Wildman–Crippen MR) is 104 cm³/mol. The van der Waals surface area contributed by atoms with Crippen molar-refractivity contribution >= 4 is 6.03 Å². The number of aromatic nitrogens is 2. The highest BCUT2D eigenvalue weighted by Gasteiger charge is 2.26. The van der Waals surface area contributed by atoms with Crippen molar-refractivity contribution in [3.05, 3.63) is 47.5 Å². The average Bonchev–Trinajstić information content (AvgIpc) is 3.32. The van der Waals surface area contributed by atoms with E-state index in [1.807, 2.05) is 36.4 Å². The Labute approximate surface area is 160 Å². The van der Waals surface area contributed by atoms with Crippen molar-refractivity contribution in [3.8, 4) is 5.75 Å². The molecule has 0 unspecified atom stereocenters. The van der Waals surface area contributed by atoms with Crippen molar-refractivity contribution in [3.63, 3.8) is 0 Å². The molecule has 2 amide bonds. The van der Waals surface area contributed by atoms with Gasteiger partial charge in [-0.3, -0.25) is 0 Å². The highest BCUT2D eigenvalue weighted by molar-refractivity contribution is 5.74. The summed E-state index contributed by atoms with van der Waals surface area (Å²) in [6.45, 7) is 5.10. The molecule has 2 aliphatic heterocycles. The molecule has 3 heterocycles. The van der Waals surface area contributed by atoms with Crippen molar-refractivity contribution in [1.29, 1.82) is 0 Å². The number of rotatable bonds is 5. The van der Waals surface area contributed by atoms with Crippen molar-refractivity contribution in [2.45, 2.75) is 58.2 Å². The Balaban J connectivity index is 1.33. The van der Waals surface area contributed by atoms with Gasteiger partial charge in [-0.2, -0.15) is 0 Å². The lowest BCUT2D eigenvalue weighted by molar-refractivity contribution is 0.143. The van der Waals surface area contributed by atoms with Crippen LogP contribution < -0.4 is 10.1 Å². The van der Waals surface area contributed by atoms with Gasteiger partial charge >= 0.3 is 6.03 Å². The number of nitrogens with zero attached hydrogens (tertiary/aromatic N) is 3. The fourth-order valence-electron chi connectivity index (χ4n) is 4.13. The van der Waals surface area contributed by atoms with E-state index in [1.54, 1.807) is 0 Å². The first kappa shape index (κ1) is 17.9. The van der Waals surface area contributed by atoms with E-state index in [1.165, 1.54) is 12.0 Å². The number of hydrogen-bond acceptors (Lipinski definition) is 3. The third-order valence-corrected chi connectivity index (χ3v) is 5.71. The quantitative estimate of drug-likeness (QED) is 0.881. The molecule has 2 aliphatic rings. The molecule has 1 atom stereocenters. The summed E-state index contributed by atoms with van der Waals surface area (Å²) in [6.07, 6.45) is 9.14. The zero-order valence-electron chi connectivity index (χ0n) is 16.0. The lowest BCUT2D eigenvalue weighted by atomic mass is 9.99. The largest absolute Gasteiger partial charge is 0.493 e. The van der Waals surface area contributed by atoms with E-state index in [-0.39, 0.29) is 6.03 Å². The summed E-state index contributed by atoms with van der Waals surface area (Å²) in [7, 11) is 0. The lowest BCUT2D eigenvalue weighted by Crippen LogP contribution is -2.48. The van der Waals surface area contributed by atoms with E-state index in [0.29, 0.717) is 12.6 Å². The van der Waals surface area contributed by atoms with Gasteiger partial charge in [0.1, 0.15) is 11.6 Å². The molecular formula is C21H28N4O2. The van der Waals surface area contributed by atoms with E-state index in [9.17, 15) is 4.79 Å². The van der Waals surface area contributed by atoms with Gasteiger partial charge in [0.15, 0.2) is 0 Å². The molecule has 6 nitrogen and oxygen atoms in total. The van der Waals surface area contributed by atoms with Gasteiger partial charge in [0, 0.05) is 44.5 Å². The molecule has 0 bridgehead atoms. The summed E-state index contributed by atoms with van der Waals surface area (Å²) in [5.74, 6) is 2.01. The number of aryl methyl sites for hydroxylation is 2. The Morgan fingerprint density at radius 2 is 2.30 bits per heavy atom. The van der Waals surface area contributed by atoms with Crippen LogP contribution in [0.2, 0.25) is 0 Å². The first-order chi connectivity index (χ1) is 13.2. The summed E-state index contributed by atoms with van der Waals surface area (Å²) in [4.78, 5) is 19.1. The molecule has 1 aromatic carbocycles. The molecule has 6 heteroatoms. The molecule has 1 N–H and O–H groups in total. The van der Waals surface area contributed by atoms with Crippen molar-refractivity contribution in [2.75, 3.05) is 13.2 Å². The summed E-state index contributed by atoms with van der Waals surface area (Å²) in [5, 5.41) is 3.12. The highest BCUT2D eigenvalue weighted by atomic mass is 16.5. The van der Waals surface area contributed by atoms with E-state index in [0.717, 1.165) is 62.5 Å². The van der Waals surface area contributed by atoms with Gasteiger partial charge in [0.05, 0.1) is 6.61 Å². The lowest BCUT2D eigenvalue weighted by Gasteiger charge is -2.36. The fraction of sp³-hybridized carbons (Fsp3) is 0.524. The van der Waals surface area contributed by atoms with Gasteiger partial charge in [0.25, 0.3) is 0 Å². The molecule has 144 valence electrons. The normalized spacial score (nSPS) is 18.9. The molecule has 0 radical (unpaired) electrons. The Kier molecular flexibility index (Phi) is 5.32. The number of fused-ring (bicyclic) bond motifs is 1. The standard InChI is InChI=1S/C21H28N4O2/c1-16-22-9-12-24(16)11-7-19-4-2-3-10-25(19)21(26)23-15-17-5-6-20-18(14-17)8-13-27-20/h5-6,9,12,14,19H,2-4,7-8,10-11,13,15H2,1H3,(H,23,26)/t19-/m0/s1. The van der Waals surface area contributed by atoms with Crippen LogP contribution in [0.4, 0.5) is 4.79 Å². The first-order valence-corrected chi connectivity index (χ1v) is 9.97. The smallest absolute Gasteiger partial charge is 0.317 e. The van der Waals surface area contributed by atoms with Crippen molar-refractivity contribution < 1.29 is 9.53 Å². The molecule has 0 spiro atoms. The Morgan fingerprint density at radius 3 is 3.15 bits per heavy atom. The number of carbonyl (C=O) groups is 1. The number of urea groups is 1. The minimum atomic E-state index is 0.0544. The fourth-order valence-corrected chi connectivity index (χ4v) is 4.13. The molecule has 27 heavy (non-hydrogen) atoms. The van der Waals surface area contributed by atoms with Crippen LogP contribution in [0.5, 0.6) is 5.75 Å². The van der Waals surface area contributed by atoms with Gasteiger partial charge in [0.2, 0.25) is 0 Å².